The van der Waals surface area contributed by atoms with Crippen molar-refractivity contribution in [1.82, 2.24) is 0 Å². The Morgan fingerprint density at radius 2 is 2.15 bits per heavy atom. The Kier molecular flexibility index (Phi) is 5.56. The number of carbonyl (C=O) groups excluding carboxylic acids is 1. The average Bonchev–Trinajstić information content (AvgIpc) is 2.50. The number of hydrogen-bond acceptors (Lipinski definition) is 3. The quantitative estimate of drug-likeness (QED) is 0.896. The summed E-state index contributed by atoms with van der Waals surface area (Å²) in [6.07, 6.45) is 2.70. The van der Waals surface area contributed by atoms with Crippen LogP contribution < -0.4 is 10.6 Å². The summed E-state index contributed by atoms with van der Waals surface area (Å²) in [5, 5.41) is 0. The Balaban J connectivity index is 2.13. The fourth-order valence-electron chi connectivity index (χ4n) is 2.50. The number of hydrogen-bond donors (Lipinski definition) is 1. The van der Waals surface area contributed by atoms with Gasteiger partial charge in [-0.2, -0.15) is 0 Å². The summed E-state index contributed by atoms with van der Waals surface area (Å²) in [6, 6.07) is 8.09. The molecule has 1 unspecified atom stereocenters. The fraction of sp³-hybridized carbons (Fsp3) is 0.562. The third kappa shape index (κ3) is 3.81. The predicted octanol–water partition coefficient (Wildman–Crippen LogP) is 2.10. The highest BCUT2D eigenvalue weighted by molar-refractivity contribution is 5.95. The molecule has 0 spiro atoms. The molecule has 1 fully saturated rings. The van der Waals surface area contributed by atoms with E-state index in [0.29, 0.717) is 19.7 Å². The summed E-state index contributed by atoms with van der Waals surface area (Å²) in [5.74, 6) is 0.157. The number of anilines is 1. The van der Waals surface area contributed by atoms with Crippen molar-refractivity contribution < 1.29 is 9.53 Å². The molecule has 1 aromatic carbocycles. The first kappa shape index (κ1) is 15.0. The molecule has 1 atom stereocenters. The van der Waals surface area contributed by atoms with Crippen LogP contribution in [-0.4, -0.2) is 32.2 Å². The summed E-state index contributed by atoms with van der Waals surface area (Å²) >= 11 is 0. The molecule has 4 nitrogen and oxygen atoms in total. The normalized spacial score (nSPS) is 18.8. The van der Waals surface area contributed by atoms with Gasteiger partial charge in [0.15, 0.2) is 0 Å². The maximum absolute atomic E-state index is 12.7. The Bertz CT molecular complexity index is 425. The van der Waals surface area contributed by atoms with Crippen molar-refractivity contribution in [3.8, 4) is 0 Å². The molecule has 0 aliphatic carbocycles. The first-order valence-electron chi connectivity index (χ1n) is 7.38. The molecule has 2 N–H and O–H groups in total. The van der Waals surface area contributed by atoms with Crippen LogP contribution >= 0.6 is 0 Å². The maximum atomic E-state index is 12.7. The van der Waals surface area contributed by atoms with E-state index < -0.39 is 0 Å². The molecule has 20 heavy (non-hydrogen) atoms. The van der Waals surface area contributed by atoms with E-state index in [1.807, 2.05) is 36.1 Å². The van der Waals surface area contributed by atoms with E-state index in [0.717, 1.165) is 31.6 Å². The van der Waals surface area contributed by atoms with Crippen LogP contribution in [0.5, 0.6) is 0 Å². The van der Waals surface area contributed by atoms with Crippen LogP contribution in [0.4, 0.5) is 5.69 Å². The smallest absolute Gasteiger partial charge is 0.232 e. The van der Waals surface area contributed by atoms with Crippen molar-refractivity contribution in [1.29, 1.82) is 0 Å². The minimum absolute atomic E-state index is 0.0113. The van der Waals surface area contributed by atoms with E-state index in [1.54, 1.807) is 0 Å². The highest BCUT2D eigenvalue weighted by Crippen LogP contribution is 2.22. The van der Waals surface area contributed by atoms with Crippen LogP contribution in [0.2, 0.25) is 0 Å². The van der Waals surface area contributed by atoms with Crippen LogP contribution in [0, 0.1) is 12.8 Å². The van der Waals surface area contributed by atoms with Crippen LogP contribution in [0.15, 0.2) is 24.3 Å². The van der Waals surface area contributed by atoms with Gasteiger partial charge in [-0.05, 0) is 44.9 Å². The molecule has 1 aromatic rings. The van der Waals surface area contributed by atoms with Gasteiger partial charge in [0.2, 0.25) is 5.91 Å². The molecule has 0 radical (unpaired) electrons. The lowest BCUT2D eigenvalue weighted by atomic mass is 10.00. The largest absolute Gasteiger partial charge is 0.381 e. The highest BCUT2D eigenvalue weighted by Gasteiger charge is 2.27. The molecule has 1 saturated heterocycles. The van der Waals surface area contributed by atoms with E-state index in [2.05, 4.69) is 0 Å². The van der Waals surface area contributed by atoms with Crippen molar-refractivity contribution in [2.24, 2.45) is 11.7 Å². The Morgan fingerprint density at radius 3 is 2.75 bits per heavy atom. The lowest BCUT2D eigenvalue weighted by molar-refractivity contribution is -0.126. The molecule has 0 bridgehead atoms. The zero-order valence-electron chi connectivity index (χ0n) is 12.2. The number of aryl methyl sites for hydroxylation is 1. The average molecular weight is 276 g/mol. The number of nitrogens with two attached hydrogens (primary N) is 1. The van der Waals surface area contributed by atoms with Crippen molar-refractivity contribution in [2.75, 3.05) is 31.2 Å². The molecular formula is C16H24N2O2. The van der Waals surface area contributed by atoms with E-state index in [-0.39, 0.29) is 11.8 Å². The lowest BCUT2D eigenvalue weighted by Crippen LogP contribution is -2.40. The lowest BCUT2D eigenvalue weighted by Gasteiger charge is -2.29. The second-order valence-corrected chi connectivity index (χ2v) is 5.38. The Labute approximate surface area is 120 Å². The molecule has 2 rings (SSSR count). The predicted molar refractivity (Wildman–Crippen MR) is 80.7 cm³/mol. The summed E-state index contributed by atoms with van der Waals surface area (Å²) in [7, 11) is 0. The van der Waals surface area contributed by atoms with Crippen molar-refractivity contribution in [2.45, 2.75) is 26.2 Å². The third-order valence-electron chi connectivity index (χ3n) is 3.71. The van der Waals surface area contributed by atoms with Gasteiger partial charge in [-0.3, -0.25) is 4.79 Å². The van der Waals surface area contributed by atoms with Gasteiger partial charge in [-0.25, -0.2) is 0 Å². The van der Waals surface area contributed by atoms with E-state index in [1.165, 1.54) is 5.56 Å². The summed E-state index contributed by atoms with van der Waals surface area (Å²) in [6.45, 7) is 4.64. The third-order valence-corrected chi connectivity index (χ3v) is 3.71. The fourth-order valence-corrected chi connectivity index (χ4v) is 2.50. The second-order valence-electron chi connectivity index (χ2n) is 5.38. The number of benzene rings is 1. The van der Waals surface area contributed by atoms with Crippen LogP contribution in [-0.2, 0) is 9.53 Å². The SMILES string of the molecule is Cc1ccc(N(CCCN)C(=O)C2CCCOC2)cc1. The topological polar surface area (TPSA) is 55.6 Å². The number of ether oxygens (including phenoxy) is 1. The van der Waals surface area contributed by atoms with E-state index in [4.69, 9.17) is 10.5 Å². The summed E-state index contributed by atoms with van der Waals surface area (Å²) in [4.78, 5) is 14.6. The van der Waals surface area contributed by atoms with Gasteiger partial charge < -0.3 is 15.4 Å². The molecule has 110 valence electrons. The summed E-state index contributed by atoms with van der Waals surface area (Å²) < 4.78 is 5.44. The van der Waals surface area contributed by atoms with Crippen molar-refractivity contribution in [3.05, 3.63) is 29.8 Å². The minimum Gasteiger partial charge on any atom is -0.381 e. The number of nitrogens with zero attached hydrogens (tertiary/aromatic N) is 1. The van der Waals surface area contributed by atoms with Gasteiger partial charge in [0.25, 0.3) is 0 Å². The van der Waals surface area contributed by atoms with Crippen molar-refractivity contribution >= 4 is 11.6 Å². The maximum Gasteiger partial charge on any atom is 0.232 e. The van der Waals surface area contributed by atoms with Gasteiger partial charge in [0, 0.05) is 18.8 Å². The van der Waals surface area contributed by atoms with Gasteiger partial charge in [0.05, 0.1) is 12.5 Å². The second kappa shape index (κ2) is 7.41. The van der Waals surface area contributed by atoms with Crippen LogP contribution in [0.3, 0.4) is 0 Å². The molecular weight excluding hydrogens is 252 g/mol. The first-order chi connectivity index (χ1) is 9.72. The molecule has 1 aliphatic heterocycles. The zero-order chi connectivity index (χ0) is 14.4. The molecule has 4 heteroatoms. The number of carbonyl (C=O) groups is 1. The van der Waals surface area contributed by atoms with Crippen molar-refractivity contribution in [3.63, 3.8) is 0 Å². The minimum atomic E-state index is -0.0113. The Morgan fingerprint density at radius 1 is 1.40 bits per heavy atom. The van der Waals surface area contributed by atoms with E-state index >= 15 is 0 Å². The molecule has 1 aliphatic rings. The molecule has 1 amide bonds. The van der Waals surface area contributed by atoms with Gasteiger partial charge in [-0.1, -0.05) is 17.7 Å². The van der Waals surface area contributed by atoms with Gasteiger partial charge in [-0.15, -0.1) is 0 Å². The molecule has 1 heterocycles. The zero-order valence-corrected chi connectivity index (χ0v) is 12.2. The Hall–Kier alpha value is -1.39. The van der Waals surface area contributed by atoms with Gasteiger partial charge in [0.1, 0.15) is 0 Å². The number of rotatable bonds is 5. The monoisotopic (exact) mass is 276 g/mol. The molecule has 0 aromatic heterocycles. The highest BCUT2D eigenvalue weighted by atomic mass is 16.5. The standard InChI is InChI=1S/C16H24N2O2/c1-13-5-7-15(8-6-13)18(10-3-9-17)16(19)14-4-2-11-20-12-14/h5-8,14H,2-4,9-12,17H2,1H3. The van der Waals surface area contributed by atoms with Crippen LogP contribution in [0.1, 0.15) is 24.8 Å². The number of amides is 1. The van der Waals surface area contributed by atoms with Gasteiger partial charge >= 0.3 is 0 Å². The van der Waals surface area contributed by atoms with E-state index in [9.17, 15) is 4.79 Å². The first-order valence-corrected chi connectivity index (χ1v) is 7.38. The summed E-state index contributed by atoms with van der Waals surface area (Å²) in [5.41, 5.74) is 7.75. The van der Waals surface area contributed by atoms with Crippen LogP contribution in [0.25, 0.3) is 0 Å². The molecule has 0 saturated carbocycles.